The normalized spacial score (nSPS) is 14.7. The Hall–Kier alpha value is -0.940. The molecule has 4 nitrogen and oxygen atoms in total. The van der Waals surface area contributed by atoms with Gasteiger partial charge in [-0.25, -0.2) is 4.98 Å². The Morgan fingerprint density at radius 1 is 1.61 bits per heavy atom. The molecule has 1 N–H and O–H groups in total. The fourth-order valence-electron chi connectivity index (χ4n) is 1.58. The van der Waals surface area contributed by atoms with Crippen LogP contribution in [-0.4, -0.2) is 30.6 Å². The number of rotatable bonds is 8. The zero-order valence-corrected chi connectivity index (χ0v) is 11.6. The largest absolute Gasteiger partial charge is 0.381 e. The molecule has 2 rings (SSSR count). The highest BCUT2D eigenvalue weighted by atomic mass is 32.1. The van der Waals surface area contributed by atoms with E-state index in [1.807, 2.05) is 6.92 Å². The quantitative estimate of drug-likeness (QED) is 0.736. The van der Waals surface area contributed by atoms with Gasteiger partial charge in [0.1, 0.15) is 4.88 Å². The van der Waals surface area contributed by atoms with E-state index in [4.69, 9.17) is 4.74 Å². The predicted molar refractivity (Wildman–Crippen MR) is 72.0 cm³/mol. The summed E-state index contributed by atoms with van der Waals surface area (Å²) in [5.41, 5.74) is 0. The average Bonchev–Trinajstić information content (AvgIpc) is 3.07. The van der Waals surface area contributed by atoms with Crippen molar-refractivity contribution < 1.29 is 9.53 Å². The first-order valence-corrected chi connectivity index (χ1v) is 7.42. The SMILES string of the molecule is CCc1ncc(C(=O)NCCCOCC2CC2)s1. The number of aromatic nitrogens is 1. The highest BCUT2D eigenvalue weighted by Gasteiger charge is 2.20. The summed E-state index contributed by atoms with van der Waals surface area (Å²) in [6, 6.07) is 0. The lowest BCUT2D eigenvalue weighted by Gasteiger charge is -2.04. The molecule has 0 radical (unpaired) electrons. The molecule has 0 spiro atoms. The molecule has 1 aliphatic carbocycles. The van der Waals surface area contributed by atoms with Crippen LogP contribution >= 0.6 is 11.3 Å². The number of amides is 1. The van der Waals surface area contributed by atoms with E-state index in [2.05, 4.69) is 10.3 Å². The van der Waals surface area contributed by atoms with Crippen molar-refractivity contribution in [1.29, 1.82) is 0 Å². The van der Waals surface area contributed by atoms with E-state index >= 15 is 0 Å². The molecule has 0 unspecified atom stereocenters. The van der Waals surface area contributed by atoms with Crippen molar-refractivity contribution in [3.05, 3.63) is 16.1 Å². The van der Waals surface area contributed by atoms with Crippen LogP contribution in [-0.2, 0) is 11.2 Å². The van der Waals surface area contributed by atoms with Crippen LogP contribution in [0.1, 0.15) is 40.9 Å². The molecule has 1 saturated carbocycles. The molecule has 5 heteroatoms. The number of ether oxygens (including phenoxy) is 1. The van der Waals surface area contributed by atoms with Crippen LogP contribution in [0.5, 0.6) is 0 Å². The summed E-state index contributed by atoms with van der Waals surface area (Å²) in [5.74, 6) is 0.790. The summed E-state index contributed by atoms with van der Waals surface area (Å²) < 4.78 is 5.51. The smallest absolute Gasteiger partial charge is 0.263 e. The fourth-order valence-corrected chi connectivity index (χ4v) is 2.35. The molecule has 0 bridgehead atoms. The standard InChI is InChI=1S/C13H20N2O2S/c1-2-12-15-8-11(18-12)13(16)14-6-3-7-17-9-10-4-5-10/h8,10H,2-7,9H2,1H3,(H,14,16). The van der Waals surface area contributed by atoms with Crippen LogP contribution in [0.4, 0.5) is 0 Å². The maximum atomic E-state index is 11.7. The summed E-state index contributed by atoms with van der Waals surface area (Å²) in [5, 5.41) is 3.90. The van der Waals surface area contributed by atoms with Crippen LogP contribution < -0.4 is 5.32 Å². The molecule has 0 saturated heterocycles. The Morgan fingerprint density at radius 3 is 3.11 bits per heavy atom. The van der Waals surface area contributed by atoms with Crippen LogP contribution in [0.25, 0.3) is 0 Å². The van der Waals surface area contributed by atoms with Crippen LogP contribution in [0.2, 0.25) is 0 Å². The number of nitrogens with one attached hydrogen (secondary N) is 1. The van der Waals surface area contributed by atoms with Crippen LogP contribution in [0.3, 0.4) is 0 Å². The molecule has 18 heavy (non-hydrogen) atoms. The first-order chi connectivity index (χ1) is 8.79. The third-order valence-electron chi connectivity index (χ3n) is 2.88. The second-order valence-corrected chi connectivity index (χ2v) is 5.71. The van der Waals surface area contributed by atoms with Gasteiger partial charge in [-0.3, -0.25) is 4.79 Å². The molecule has 0 aliphatic heterocycles. The maximum absolute atomic E-state index is 11.7. The summed E-state index contributed by atoms with van der Waals surface area (Å²) >= 11 is 1.47. The zero-order chi connectivity index (χ0) is 12.8. The average molecular weight is 268 g/mol. The molecule has 100 valence electrons. The Bertz CT molecular complexity index is 388. The first-order valence-electron chi connectivity index (χ1n) is 6.60. The number of aryl methyl sites for hydroxylation is 1. The maximum Gasteiger partial charge on any atom is 0.263 e. The van der Waals surface area contributed by atoms with Gasteiger partial charge in [-0.1, -0.05) is 6.92 Å². The number of thiazole rings is 1. The third kappa shape index (κ3) is 4.38. The first kappa shape index (κ1) is 13.5. The van der Waals surface area contributed by atoms with Crippen LogP contribution in [0.15, 0.2) is 6.20 Å². The summed E-state index contributed by atoms with van der Waals surface area (Å²) in [6.07, 6.45) is 6.05. The minimum Gasteiger partial charge on any atom is -0.381 e. The van der Waals surface area contributed by atoms with Gasteiger partial charge in [0.05, 0.1) is 11.2 Å². The van der Waals surface area contributed by atoms with E-state index in [1.165, 1.54) is 24.2 Å². The molecule has 1 aromatic heterocycles. The summed E-state index contributed by atoms with van der Waals surface area (Å²) in [6.45, 7) is 4.34. The second kappa shape index (κ2) is 6.85. The predicted octanol–water partition coefficient (Wildman–Crippen LogP) is 2.25. The molecule has 0 aromatic carbocycles. The van der Waals surface area contributed by atoms with Gasteiger partial charge in [0.15, 0.2) is 0 Å². The molecule has 1 fully saturated rings. The third-order valence-corrected chi connectivity index (χ3v) is 4.02. The van der Waals surface area contributed by atoms with Crippen molar-refractivity contribution in [2.24, 2.45) is 5.92 Å². The van der Waals surface area contributed by atoms with Gasteiger partial charge >= 0.3 is 0 Å². The molecule has 1 aromatic rings. The van der Waals surface area contributed by atoms with Gasteiger partial charge in [0.25, 0.3) is 5.91 Å². The summed E-state index contributed by atoms with van der Waals surface area (Å²) in [7, 11) is 0. The van der Waals surface area contributed by atoms with E-state index in [1.54, 1.807) is 6.20 Å². The van der Waals surface area contributed by atoms with Crippen molar-refractivity contribution in [3.63, 3.8) is 0 Å². The Kier molecular flexibility index (Phi) is 5.13. The number of nitrogens with zero attached hydrogens (tertiary/aromatic N) is 1. The zero-order valence-electron chi connectivity index (χ0n) is 10.8. The molecular formula is C13H20N2O2S. The van der Waals surface area contributed by atoms with Gasteiger partial charge < -0.3 is 10.1 Å². The molecule has 1 heterocycles. The second-order valence-electron chi connectivity index (χ2n) is 4.60. The minimum absolute atomic E-state index is 0.0191. The monoisotopic (exact) mass is 268 g/mol. The van der Waals surface area contributed by atoms with Gasteiger partial charge in [0, 0.05) is 19.8 Å². The van der Waals surface area contributed by atoms with Gasteiger partial charge in [-0.2, -0.15) is 0 Å². The lowest BCUT2D eigenvalue weighted by Crippen LogP contribution is -2.24. The Labute approximate surface area is 112 Å². The highest BCUT2D eigenvalue weighted by molar-refractivity contribution is 7.13. The molecule has 1 aliphatic rings. The van der Waals surface area contributed by atoms with E-state index in [0.29, 0.717) is 11.4 Å². The van der Waals surface area contributed by atoms with Crippen molar-refractivity contribution in [2.45, 2.75) is 32.6 Å². The highest BCUT2D eigenvalue weighted by Crippen LogP contribution is 2.28. The lowest BCUT2D eigenvalue weighted by molar-refractivity contribution is 0.0941. The fraction of sp³-hybridized carbons (Fsp3) is 0.692. The van der Waals surface area contributed by atoms with Crippen molar-refractivity contribution in [3.8, 4) is 0 Å². The van der Waals surface area contributed by atoms with Crippen molar-refractivity contribution >= 4 is 17.2 Å². The topological polar surface area (TPSA) is 51.2 Å². The van der Waals surface area contributed by atoms with E-state index in [-0.39, 0.29) is 5.91 Å². The van der Waals surface area contributed by atoms with Crippen molar-refractivity contribution in [2.75, 3.05) is 19.8 Å². The minimum atomic E-state index is -0.0191. The molecule has 1 amide bonds. The number of hydrogen-bond donors (Lipinski definition) is 1. The lowest BCUT2D eigenvalue weighted by atomic mass is 10.4. The van der Waals surface area contributed by atoms with E-state index in [0.717, 1.165) is 37.0 Å². The molecule has 0 atom stereocenters. The van der Waals surface area contributed by atoms with Crippen molar-refractivity contribution in [1.82, 2.24) is 10.3 Å². The Balaban J connectivity index is 1.56. The van der Waals surface area contributed by atoms with Gasteiger partial charge in [0.2, 0.25) is 0 Å². The van der Waals surface area contributed by atoms with Crippen LogP contribution in [0, 0.1) is 5.92 Å². The molecular weight excluding hydrogens is 248 g/mol. The number of carbonyl (C=O) groups excluding carboxylic acids is 1. The number of hydrogen-bond acceptors (Lipinski definition) is 4. The van der Waals surface area contributed by atoms with Gasteiger partial charge in [-0.15, -0.1) is 11.3 Å². The van der Waals surface area contributed by atoms with E-state index in [9.17, 15) is 4.79 Å². The number of carbonyl (C=O) groups is 1. The van der Waals surface area contributed by atoms with E-state index < -0.39 is 0 Å². The summed E-state index contributed by atoms with van der Waals surface area (Å²) in [4.78, 5) is 16.6. The van der Waals surface area contributed by atoms with Gasteiger partial charge in [-0.05, 0) is 31.6 Å². The Morgan fingerprint density at radius 2 is 2.44 bits per heavy atom.